The van der Waals surface area contributed by atoms with Crippen LogP contribution in [-0.2, 0) is 36.8 Å². The lowest BCUT2D eigenvalue weighted by Crippen LogP contribution is -2.44. The van der Waals surface area contributed by atoms with Crippen molar-refractivity contribution in [1.29, 1.82) is 0 Å². The lowest BCUT2D eigenvalue weighted by molar-refractivity contribution is -0.140. The zero-order chi connectivity index (χ0) is 39.1. The Morgan fingerprint density at radius 3 is 2.08 bits per heavy atom. The smallest absolute Gasteiger partial charge is 0.408 e. The number of H-pyrrole nitrogens is 1. The van der Waals surface area contributed by atoms with E-state index in [4.69, 9.17) is 25.4 Å². The van der Waals surface area contributed by atoms with Crippen LogP contribution in [-0.4, -0.2) is 80.5 Å². The number of aromatic amines is 1. The third-order valence-electron chi connectivity index (χ3n) is 8.02. The number of hydrogen-bond acceptors (Lipinski definition) is 9. The van der Waals surface area contributed by atoms with Crippen molar-refractivity contribution >= 4 is 40.9 Å². The summed E-state index contributed by atoms with van der Waals surface area (Å²) in [4.78, 5) is 59.4. The number of para-hydroxylation sites is 1. The molecule has 1 aliphatic heterocycles. The number of benzene rings is 3. The summed E-state index contributed by atoms with van der Waals surface area (Å²) >= 11 is 0. The van der Waals surface area contributed by atoms with Crippen molar-refractivity contribution in [2.45, 2.75) is 83.0 Å². The van der Waals surface area contributed by atoms with E-state index >= 15 is 0 Å². The van der Waals surface area contributed by atoms with Crippen molar-refractivity contribution in [3.63, 3.8) is 0 Å². The van der Waals surface area contributed by atoms with Gasteiger partial charge < -0.3 is 46.1 Å². The normalized spacial score (nSPS) is 15.3. The number of carbonyl (C=O) groups excluding carboxylic acids is 2. The molecule has 4 atom stereocenters. The third kappa shape index (κ3) is 14.1. The van der Waals surface area contributed by atoms with Crippen molar-refractivity contribution in [2.75, 3.05) is 6.54 Å². The standard InChI is InChI=1S/C19H26N2O6.C11H12N2O2.C9H10O2/c1-19(2,3)27-18(25)21-15(16(22)23)11-12-6-8-13(9-7-12)26-17(24)14-5-4-10-20-14;12-9(11(14)15)5-7-6-13-10-4-2-1-3-8(7)10;1-7(9(10)11)8-5-3-2-4-6-8/h6-9,14-15,20H,4-5,10-11H2,1-3H3,(H,21,25)(H,22,23);1-4,6,9,13H,5,12H2,(H,14,15);2-7H,1H3,(H,10,11)/t14-,15?;;/m0../s1. The van der Waals surface area contributed by atoms with Gasteiger partial charge in [0.25, 0.3) is 0 Å². The van der Waals surface area contributed by atoms with Crippen LogP contribution in [0.2, 0.25) is 0 Å². The van der Waals surface area contributed by atoms with Gasteiger partial charge in [-0.25, -0.2) is 14.4 Å². The van der Waals surface area contributed by atoms with Gasteiger partial charge in [0.1, 0.15) is 29.5 Å². The number of hydrogen-bond donors (Lipinski definition) is 7. The molecule has 1 saturated heterocycles. The summed E-state index contributed by atoms with van der Waals surface area (Å²) in [5, 5.41) is 33.1. The van der Waals surface area contributed by atoms with Crippen LogP contribution in [0.1, 0.15) is 63.1 Å². The highest BCUT2D eigenvalue weighted by Gasteiger charge is 2.26. The van der Waals surface area contributed by atoms with E-state index in [9.17, 15) is 29.1 Å². The molecule has 1 amide bonds. The predicted octanol–water partition coefficient (Wildman–Crippen LogP) is 4.86. The maximum absolute atomic E-state index is 12.0. The lowest BCUT2D eigenvalue weighted by atomic mass is 10.0. The minimum Gasteiger partial charge on any atom is -0.481 e. The molecule has 1 aromatic heterocycles. The van der Waals surface area contributed by atoms with Crippen LogP contribution in [0.15, 0.2) is 85.1 Å². The quantitative estimate of drug-likeness (QED) is 0.0810. The van der Waals surface area contributed by atoms with Gasteiger partial charge in [0, 0.05) is 29.9 Å². The molecular formula is C39H48N4O10. The summed E-state index contributed by atoms with van der Waals surface area (Å²) in [5.41, 5.74) is 8.24. The Labute approximate surface area is 307 Å². The average Bonchev–Trinajstić information content (AvgIpc) is 3.80. The monoisotopic (exact) mass is 732 g/mol. The number of carboxylic acids is 3. The lowest BCUT2D eigenvalue weighted by Gasteiger charge is -2.22. The minimum atomic E-state index is -1.16. The fourth-order valence-electron chi connectivity index (χ4n) is 5.16. The Hall–Kier alpha value is -5.73. The van der Waals surface area contributed by atoms with Crippen molar-refractivity contribution < 1.29 is 48.8 Å². The Bertz CT molecular complexity index is 1810. The van der Waals surface area contributed by atoms with Gasteiger partial charge in [-0.1, -0.05) is 60.7 Å². The molecule has 8 N–H and O–H groups in total. The van der Waals surface area contributed by atoms with E-state index in [0.29, 0.717) is 17.7 Å². The number of aromatic nitrogens is 1. The van der Waals surface area contributed by atoms with Crippen LogP contribution < -0.4 is 21.1 Å². The SMILES string of the molecule is CC(C(=O)O)c1ccccc1.CC(C)(C)OC(=O)NC(Cc1ccc(OC(=O)[C@@H]2CCCN2)cc1)C(=O)O.NC(Cc1c[nH]c2ccccc12)C(=O)O. The number of fused-ring (bicyclic) bond motifs is 1. The van der Waals surface area contributed by atoms with Crippen LogP contribution >= 0.6 is 0 Å². The van der Waals surface area contributed by atoms with Gasteiger partial charge in [-0.2, -0.15) is 0 Å². The van der Waals surface area contributed by atoms with Gasteiger partial charge in [0.15, 0.2) is 0 Å². The van der Waals surface area contributed by atoms with Gasteiger partial charge in [-0.3, -0.25) is 9.59 Å². The first-order valence-corrected chi connectivity index (χ1v) is 17.1. The number of nitrogens with one attached hydrogen (secondary N) is 3. The number of amides is 1. The number of carboxylic acid groups (broad SMARTS) is 3. The highest BCUT2D eigenvalue weighted by molar-refractivity contribution is 5.84. The second kappa shape index (κ2) is 19.8. The van der Waals surface area contributed by atoms with Crippen LogP contribution in [0.4, 0.5) is 4.79 Å². The van der Waals surface area contributed by atoms with E-state index in [1.165, 1.54) is 0 Å². The van der Waals surface area contributed by atoms with Gasteiger partial charge >= 0.3 is 30.0 Å². The van der Waals surface area contributed by atoms with E-state index in [1.54, 1.807) is 52.0 Å². The Morgan fingerprint density at radius 1 is 0.868 bits per heavy atom. The molecule has 0 aliphatic carbocycles. The highest BCUT2D eigenvalue weighted by atomic mass is 16.6. The van der Waals surface area contributed by atoms with E-state index in [1.807, 2.05) is 60.8 Å². The number of esters is 1. The fraction of sp³-hybridized carbons (Fsp3) is 0.359. The number of carbonyl (C=O) groups is 5. The summed E-state index contributed by atoms with van der Waals surface area (Å²) in [6, 6.07) is 21.2. The number of alkyl carbamates (subject to hydrolysis) is 1. The minimum absolute atomic E-state index is 0.0764. The van der Waals surface area contributed by atoms with Crippen LogP contribution in [0.5, 0.6) is 5.75 Å². The summed E-state index contributed by atoms with van der Waals surface area (Å²) < 4.78 is 10.4. The van der Waals surface area contributed by atoms with Gasteiger partial charge in [0.2, 0.25) is 0 Å². The summed E-state index contributed by atoms with van der Waals surface area (Å²) in [6.07, 6.45) is 3.15. The van der Waals surface area contributed by atoms with Crippen molar-refractivity contribution in [2.24, 2.45) is 5.73 Å². The Balaban J connectivity index is 0.000000242. The summed E-state index contributed by atoms with van der Waals surface area (Å²) in [6.45, 7) is 7.58. The molecule has 284 valence electrons. The molecule has 0 spiro atoms. The zero-order valence-corrected chi connectivity index (χ0v) is 30.2. The van der Waals surface area contributed by atoms with Crippen LogP contribution in [0, 0.1) is 0 Å². The van der Waals surface area contributed by atoms with Crippen LogP contribution in [0.25, 0.3) is 10.9 Å². The molecule has 0 radical (unpaired) electrons. The largest absolute Gasteiger partial charge is 0.481 e. The molecule has 5 rings (SSSR count). The van der Waals surface area contributed by atoms with E-state index < -0.39 is 47.6 Å². The first-order chi connectivity index (χ1) is 25.0. The zero-order valence-electron chi connectivity index (χ0n) is 30.2. The van der Waals surface area contributed by atoms with E-state index in [-0.39, 0.29) is 18.4 Å². The summed E-state index contributed by atoms with van der Waals surface area (Å²) in [7, 11) is 0. The molecule has 53 heavy (non-hydrogen) atoms. The molecule has 1 fully saturated rings. The maximum atomic E-state index is 12.0. The molecule has 3 aromatic carbocycles. The Morgan fingerprint density at radius 2 is 1.51 bits per heavy atom. The molecule has 0 bridgehead atoms. The number of ether oxygens (including phenoxy) is 2. The van der Waals surface area contributed by atoms with Crippen LogP contribution in [0.3, 0.4) is 0 Å². The van der Waals surface area contributed by atoms with Crippen molar-refractivity contribution in [3.05, 3.63) is 102 Å². The molecule has 3 unspecified atom stereocenters. The molecular weight excluding hydrogens is 684 g/mol. The topological polar surface area (TPSA) is 230 Å². The summed E-state index contributed by atoms with van der Waals surface area (Å²) in [5.74, 6) is -3.25. The first kappa shape index (κ1) is 41.7. The van der Waals surface area contributed by atoms with Crippen molar-refractivity contribution in [1.82, 2.24) is 15.6 Å². The highest BCUT2D eigenvalue weighted by Crippen LogP contribution is 2.19. The molecule has 14 heteroatoms. The molecule has 14 nitrogen and oxygen atoms in total. The maximum Gasteiger partial charge on any atom is 0.408 e. The van der Waals surface area contributed by atoms with Gasteiger partial charge in [-0.15, -0.1) is 0 Å². The molecule has 4 aromatic rings. The van der Waals surface area contributed by atoms with Crippen molar-refractivity contribution in [3.8, 4) is 5.75 Å². The van der Waals surface area contributed by atoms with Gasteiger partial charge in [-0.05, 0) is 82.0 Å². The predicted molar refractivity (Wildman–Crippen MR) is 198 cm³/mol. The second-order valence-corrected chi connectivity index (χ2v) is 13.4. The van der Waals surface area contributed by atoms with E-state index in [2.05, 4.69) is 15.6 Å². The molecule has 2 heterocycles. The number of nitrogens with two attached hydrogens (primary N) is 1. The Kier molecular flexibility index (Phi) is 15.5. The molecule has 1 aliphatic rings. The number of aliphatic carboxylic acids is 3. The number of rotatable bonds is 11. The first-order valence-electron chi connectivity index (χ1n) is 17.1. The molecule has 0 saturated carbocycles. The van der Waals surface area contributed by atoms with Gasteiger partial charge in [0.05, 0.1) is 5.92 Å². The van der Waals surface area contributed by atoms with E-state index in [0.717, 1.165) is 41.4 Å². The fourth-order valence-corrected chi connectivity index (χ4v) is 5.16. The second-order valence-electron chi connectivity index (χ2n) is 13.4. The third-order valence-corrected chi connectivity index (χ3v) is 8.02. The average molecular weight is 733 g/mol.